The molecule has 3 heteroatoms. The third kappa shape index (κ3) is 3.35. The van der Waals surface area contributed by atoms with Crippen LogP contribution in [0.2, 0.25) is 0 Å². The number of methoxy groups -OCH3 is 1. The first-order valence-electron chi connectivity index (χ1n) is 4.86. The zero-order valence-corrected chi connectivity index (χ0v) is 8.72. The molecule has 0 saturated heterocycles. The Labute approximate surface area is 79.8 Å². The summed E-state index contributed by atoms with van der Waals surface area (Å²) in [6, 6.07) is 0. The molecule has 0 spiro atoms. The number of carbonyl (C=O) groups is 1. The summed E-state index contributed by atoms with van der Waals surface area (Å²) in [5, 5.41) is 3.30. The number of rotatable bonds is 5. The molecule has 3 nitrogen and oxygen atoms in total. The summed E-state index contributed by atoms with van der Waals surface area (Å²) in [4.78, 5) is 11.0. The molecule has 1 saturated carbocycles. The second-order valence-corrected chi connectivity index (χ2v) is 4.37. The molecule has 13 heavy (non-hydrogen) atoms. The normalized spacial score (nSPS) is 20.8. The molecule has 0 amide bonds. The molecule has 1 atom stereocenters. The van der Waals surface area contributed by atoms with Crippen molar-refractivity contribution in [3.63, 3.8) is 0 Å². The molecule has 76 valence electrons. The maximum absolute atomic E-state index is 11.0. The van der Waals surface area contributed by atoms with E-state index in [1.165, 1.54) is 20.0 Å². The van der Waals surface area contributed by atoms with Crippen LogP contribution in [0.5, 0.6) is 0 Å². The fourth-order valence-electron chi connectivity index (χ4n) is 1.27. The van der Waals surface area contributed by atoms with E-state index in [2.05, 4.69) is 17.0 Å². The number of hydrogen-bond donors (Lipinski definition) is 1. The largest absolute Gasteiger partial charge is 0.469 e. The quantitative estimate of drug-likeness (QED) is 0.654. The van der Waals surface area contributed by atoms with Crippen molar-refractivity contribution in [1.29, 1.82) is 0 Å². The highest BCUT2D eigenvalue weighted by Crippen LogP contribution is 2.43. The lowest BCUT2D eigenvalue weighted by Crippen LogP contribution is -2.30. The van der Waals surface area contributed by atoms with E-state index in [1.807, 2.05) is 6.92 Å². The van der Waals surface area contributed by atoms with Gasteiger partial charge in [0.1, 0.15) is 0 Å². The SMILES string of the molecule is COC(=O)C(C)CNCC1(C)CC1. The summed E-state index contributed by atoms with van der Waals surface area (Å²) in [5.41, 5.74) is 0.510. The minimum absolute atomic E-state index is 0.0349. The third-order valence-corrected chi connectivity index (χ3v) is 2.71. The Morgan fingerprint density at radius 1 is 1.62 bits per heavy atom. The van der Waals surface area contributed by atoms with Gasteiger partial charge in [-0.25, -0.2) is 0 Å². The second kappa shape index (κ2) is 4.09. The molecule has 0 heterocycles. The van der Waals surface area contributed by atoms with Crippen molar-refractivity contribution in [1.82, 2.24) is 5.32 Å². The highest BCUT2D eigenvalue weighted by atomic mass is 16.5. The number of carbonyl (C=O) groups excluding carboxylic acids is 1. The Bertz CT molecular complexity index is 187. The van der Waals surface area contributed by atoms with E-state index in [9.17, 15) is 4.79 Å². The van der Waals surface area contributed by atoms with Crippen LogP contribution in [0.1, 0.15) is 26.7 Å². The van der Waals surface area contributed by atoms with Gasteiger partial charge < -0.3 is 10.1 Å². The fraction of sp³-hybridized carbons (Fsp3) is 0.900. The van der Waals surface area contributed by atoms with Gasteiger partial charge in [0, 0.05) is 13.1 Å². The zero-order chi connectivity index (χ0) is 9.90. The van der Waals surface area contributed by atoms with Gasteiger partial charge >= 0.3 is 5.97 Å². The van der Waals surface area contributed by atoms with Crippen molar-refractivity contribution in [2.24, 2.45) is 11.3 Å². The Hall–Kier alpha value is -0.570. The molecule has 0 aromatic heterocycles. The van der Waals surface area contributed by atoms with Crippen LogP contribution in [0.3, 0.4) is 0 Å². The maximum Gasteiger partial charge on any atom is 0.309 e. The Morgan fingerprint density at radius 3 is 2.69 bits per heavy atom. The summed E-state index contributed by atoms with van der Waals surface area (Å²) in [6.07, 6.45) is 2.62. The molecule has 0 aromatic carbocycles. The molecule has 1 rings (SSSR count). The van der Waals surface area contributed by atoms with Crippen LogP contribution in [0, 0.1) is 11.3 Å². The first-order valence-corrected chi connectivity index (χ1v) is 4.86. The standard InChI is InChI=1S/C10H19NO2/c1-8(9(12)13-3)6-11-7-10(2)4-5-10/h8,11H,4-7H2,1-3H3. The fourth-order valence-corrected chi connectivity index (χ4v) is 1.27. The van der Waals surface area contributed by atoms with Gasteiger partial charge in [-0.3, -0.25) is 4.79 Å². The van der Waals surface area contributed by atoms with Crippen LogP contribution in [-0.4, -0.2) is 26.2 Å². The predicted octanol–water partition coefficient (Wildman–Crippen LogP) is 1.19. The van der Waals surface area contributed by atoms with Crippen molar-refractivity contribution in [2.45, 2.75) is 26.7 Å². The van der Waals surface area contributed by atoms with E-state index in [0.29, 0.717) is 5.41 Å². The Kier molecular flexibility index (Phi) is 3.31. The summed E-state index contributed by atoms with van der Waals surface area (Å²) in [7, 11) is 1.43. The number of hydrogen-bond acceptors (Lipinski definition) is 3. The molecule has 1 N–H and O–H groups in total. The molecule has 1 unspecified atom stereocenters. The highest BCUT2D eigenvalue weighted by molar-refractivity contribution is 5.71. The van der Waals surface area contributed by atoms with E-state index in [-0.39, 0.29) is 11.9 Å². The van der Waals surface area contributed by atoms with E-state index in [1.54, 1.807) is 0 Å². The van der Waals surface area contributed by atoms with Gasteiger partial charge in [-0.2, -0.15) is 0 Å². The molecule has 0 aliphatic heterocycles. The van der Waals surface area contributed by atoms with E-state index in [0.717, 1.165) is 13.1 Å². The van der Waals surface area contributed by atoms with Crippen LogP contribution in [-0.2, 0) is 9.53 Å². The van der Waals surface area contributed by atoms with Crippen LogP contribution in [0.15, 0.2) is 0 Å². The van der Waals surface area contributed by atoms with Crippen molar-refractivity contribution in [3.8, 4) is 0 Å². The Morgan fingerprint density at radius 2 is 2.23 bits per heavy atom. The number of ether oxygens (including phenoxy) is 1. The monoisotopic (exact) mass is 185 g/mol. The highest BCUT2D eigenvalue weighted by Gasteiger charge is 2.36. The molecule has 1 aliphatic rings. The smallest absolute Gasteiger partial charge is 0.309 e. The average molecular weight is 185 g/mol. The molecule has 0 bridgehead atoms. The molecular weight excluding hydrogens is 166 g/mol. The summed E-state index contributed by atoms with van der Waals surface area (Å²) >= 11 is 0. The minimum atomic E-state index is -0.131. The third-order valence-electron chi connectivity index (χ3n) is 2.71. The molecule has 1 aliphatic carbocycles. The van der Waals surface area contributed by atoms with Gasteiger partial charge in [0.05, 0.1) is 13.0 Å². The number of esters is 1. The first-order chi connectivity index (χ1) is 6.07. The second-order valence-electron chi connectivity index (χ2n) is 4.37. The van der Waals surface area contributed by atoms with E-state index < -0.39 is 0 Å². The van der Waals surface area contributed by atoms with Crippen molar-refractivity contribution >= 4 is 5.97 Å². The van der Waals surface area contributed by atoms with Crippen molar-refractivity contribution in [3.05, 3.63) is 0 Å². The lowest BCUT2D eigenvalue weighted by atomic mass is 10.1. The van der Waals surface area contributed by atoms with Crippen LogP contribution in [0.4, 0.5) is 0 Å². The van der Waals surface area contributed by atoms with Crippen LogP contribution >= 0.6 is 0 Å². The van der Waals surface area contributed by atoms with Gasteiger partial charge in [0.25, 0.3) is 0 Å². The maximum atomic E-state index is 11.0. The molecule has 0 radical (unpaired) electrons. The van der Waals surface area contributed by atoms with Crippen LogP contribution < -0.4 is 5.32 Å². The van der Waals surface area contributed by atoms with Gasteiger partial charge in [0.15, 0.2) is 0 Å². The first kappa shape index (κ1) is 10.5. The van der Waals surface area contributed by atoms with Gasteiger partial charge in [-0.05, 0) is 18.3 Å². The minimum Gasteiger partial charge on any atom is -0.469 e. The van der Waals surface area contributed by atoms with Crippen molar-refractivity contribution in [2.75, 3.05) is 20.2 Å². The molecule has 0 aromatic rings. The zero-order valence-electron chi connectivity index (χ0n) is 8.72. The summed E-state index contributed by atoms with van der Waals surface area (Å²) in [5.74, 6) is -0.166. The van der Waals surface area contributed by atoms with Gasteiger partial charge in [-0.1, -0.05) is 13.8 Å². The Balaban J connectivity index is 2.08. The molecular formula is C10H19NO2. The lowest BCUT2D eigenvalue weighted by Gasteiger charge is -2.13. The lowest BCUT2D eigenvalue weighted by molar-refractivity contribution is -0.144. The summed E-state index contributed by atoms with van der Waals surface area (Å²) in [6.45, 7) is 5.90. The van der Waals surface area contributed by atoms with Crippen molar-refractivity contribution < 1.29 is 9.53 Å². The average Bonchev–Trinajstić information content (AvgIpc) is 2.82. The number of nitrogens with one attached hydrogen (secondary N) is 1. The summed E-state index contributed by atoms with van der Waals surface area (Å²) < 4.78 is 4.63. The topological polar surface area (TPSA) is 38.3 Å². The van der Waals surface area contributed by atoms with Crippen LogP contribution in [0.25, 0.3) is 0 Å². The van der Waals surface area contributed by atoms with Gasteiger partial charge in [0.2, 0.25) is 0 Å². The van der Waals surface area contributed by atoms with Gasteiger partial charge in [-0.15, -0.1) is 0 Å². The molecule has 1 fully saturated rings. The predicted molar refractivity (Wildman–Crippen MR) is 51.4 cm³/mol. The van der Waals surface area contributed by atoms with E-state index in [4.69, 9.17) is 0 Å². The van der Waals surface area contributed by atoms with E-state index >= 15 is 0 Å².